The van der Waals surface area contributed by atoms with Crippen LogP contribution in [0.2, 0.25) is 0 Å². The molecule has 2 amide bonds. The van der Waals surface area contributed by atoms with Gasteiger partial charge in [0, 0.05) is 26.2 Å². The summed E-state index contributed by atoms with van der Waals surface area (Å²) in [4.78, 5) is 33.5. The number of nitrogens with zero attached hydrogens (tertiary/aromatic N) is 3. The van der Waals surface area contributed by atoms with Gasteiger partial charge in [-0.25, -0.2) is 9.37 Å². The first-order valence-corrected chi connectivity index (χ1v) is 10.1. The number of amides is 2. The van der Waals surface area contributed by atoms with Crippen LogP contribution in [0.15, 0.2) is 36.5 Å². The zero-order valence-corrected chi connectivity index (χ0v) is 17.6. The minimum absolute atomic E-state index is 0.331. The van der Waals surface area contributed by atoms with E-state index in [1.807, 2.05) is 0 Å². The molecule has 2 heterocycles. The van der Waals surface area contributed by atoms with Gasteiger partial charge in [0.2, 0.25) is 0 Å². The fraction of sp³-hybridized carbons (Fsp3) is 0.409. The zero-order chi connectivity index (χ0) is 21.8. The van der Waals surface area contributed by atoms with Crippen LogP contribution in [-0.2, 0) is 9.59 Å². The number of aromatic nitrogens is 1. The number of piperazine rings is 1. The van der Waals surface area contributed by atoms with Crippen molar-refractivity contribution in [1.82, 2.24) is 14.8 Å². The van der Waals surface area contributed by atoms with E-state index in [2.05, 4.69) is 29.0 Å². The van der Waals surface area contributed by atoms with E-state index in [4.69, 9.17) is 5.73 Å². The van der Waals surface area contributed by atoms with Crippen molar-refractivity contribution in [1.29, 1.82) is 0 Å². The molecule has 1 atom stereocenters. The van der Waals surface area contributed by atoms with Crippen LogP contribution < -0.4 is 11.1 Å². The van der Waals surface area contributed by atoms with E-state index in [1.165, 1.54) is 18.3 Å². The highest BCUT2D eigenvalue weighted by atomic mass is 19.1. The molecule has 3 N–H and O–H groups in total. The number of hydrogen-bond acceptors (Lipinski definition) is 5. The normalized spacial score (nSPS) is 17.2. The van der Waals surface area contributed by atoms with Crippen molar-refractivity contribution in [2.75, 3.05) is 37.2 Å². The van der Waals surface area contributed by atoms with Crippen LogP contribution in [0.5, 0.6) is 0 Å². The first-order chi connectivity index (χ1) is 14.2. The summed E-state index contributed by atoms with van der Waals surface area (Å²) >= 11 is 0. The lowest BCUT2D eigenvalue weighted by Gasteiger charge is -2.42. The van der Waals surface area contributed by atoms with Crippen molar-refractivity contribution < 1.29 is 14.0 Å². The summed E-state index contributed by atoms with van der Waals surface area (Å²) in [6.45, 7) is 8.63. The number of halogens is 1. The predicted octanol–water partition coefficient (Wildman–Crippen LogP) is 2.59. The summed E-state index contributed by atoms with van der Waals surface area (Å²) in [5.41, 5.74) is 7.64. The Bertz CT molecular complexity index is 916. The van der Waals surface area contributed by atoms with Crippen molar-refractivity contribution in [2.24, 2.45) is 5.92 Å². The van der Waals surface area contributed by atoms with E-state index in [9.17, 15) is 14.0 Å². The number of pyridine rings is 1. The molecule has 0 aliphatic carbocycles. The lowest BCUT2D eigenvalue weighted by atomic mass is 10.0. The van der Waals surface area contributed by atoms with Gasteiger partial charge in [0.1, 0.15) is 11.6 Å². The number of aryl methyl sites for hydroxylation is 1. The van der Waals surface area contributed by atoms with Crippen LogP contribution in [-0.4, -0.2) is 52.8 Å². The van der Waals surface area contributed by atoms with Gasteiger partial charge >= 0.3 is 11.8 Å². The van der Waals surface area contributed by atoms with Gasteiger partial charge in [-0.2, -0.15) is 0 Å². The van der Waals surface area contributed by atoms with Crippen molar-refractivity contribution in [3.8, 4) is 0 Å². The molecule has 3 rings (SSSR count). The molecule has 1 fully saturated rings. The lowest BCUT2D eigenvalue weighted by molar-refractivity contribution is -0.146. The third kappa shape index (κ3) is 5.13. The van der Waals surface area contributed by atoms with Crippen LogP contribution in [0.1, 0.15) is 31.0 Å². The van der Waals surface area contributed by atoms with E-state index in [0.29, 0.717) is 42.6 Å². The van der Waals surface area contributed by atoms with E-state index >= 15 is 0 Å². The van der Waals surface area contributed by atoms with E-state index < -0.39 is 11.8 Å². The van der Waals surface area contributed by atoms with Crippen LogP contribution in [0.4, 0.5) is 15.9 Å². The Kier molecular flexibility index (Phi) is 6.66. The maximum Gasteiger partial charge on any atom is 0.313 e. The maximum atomic E-state index is 13.4. The number of nitrogen functional groups attached to an aromatic ring is 1. The monoisotopic (exact) mass is 413 g/mol. The maximum absolute atomic E-state index is 13.4. The minimum Gasteiger partial charge on any atom is -0.383 e. The largest absolute Gasteiger partial charge is 0.383 e. The summed E-state index contributed by atoms with van der Waals surface area (Å²) in [5.74, 6) is -0.841. The standard InChI is InChI=1S/C22H28FN5O2/c1-14(2)12-27-8-9-28(19(13-27)16-4-6-17(23)7-5-16)22(30)21(29)26-18-10-15(3)20(24)25-11-18/h4-7,10-11,14,19H,8-9,12-13H2,1-3H3,(H2,24,25)(H,26,29)/t19-/m0/s1. The third-order valence-corrected chi connectivity index (χ3v) is 5.17. The topological polar surface area (TPSA) is 91.6 Å². The molecule has 30 heavy (non-hydrogen) atoms. The summed E-state index contributed by atoms with van der Waals surface area (Å²) in [5, 5.41) is 2.61. The second-order valence-corrected chi connectivity index (χ2v) is 8.10. The van der Waals surface area contributed by atoms with Gasteiger partial charge in [0.05, 0.1) is 17.9 Å². The molecule has 0 radical (unpaired) electrons. The van der Waals surface area contributed by atoms with E-state index in [1.54, 1.807) is 30.0 Å². The fourth-order valence-electron chi connectivity index (χ4n) is 3.70. The average molecular weight is 413 g/mol. The molecular formula is C22H28FN5O2. The van der Waals surface area contributed by atoms with Gasteiger partial charge in [-0.15, -0.1) is 0 Å². The first kappa shape index (κ1) is 21.7. The van der Waals surface area contributed by atoms with Crippen LogP contribution >= 0.6 is 0 Å². The van der Waals surface area contributed by atoms with Crippen molar-refractivity contribution in [3.63, 3.8) is 0 Å². The highest BCUT2D eigenvalue weighted by molar-refractivity contribution is 6.39. The average Bonchev–Trinajstić information content (AvgIpc) is 2.70. The third-order valence-electron chi connectivity index (χ3n) is 5.17. The molecule has 1 aromatic carbocycles. The van der Waals surface area contributed by atoms with Crippen molar-refractivity contribution >= 4 is 23.3 Å². The van der Waals surface area contributed by atoms with Gasteiger partial charge < -0.3 is 16.0 Å². The predicted molar refractivity (Wildman–Crippen MR) is 114 cm³/mol. The molecule has 0 bridgehead atoms. The number of carbonyl (C=O) groups is 2. The van der Waals surface area contributed by atoms with E-state index in [-0.39, 0.29) is 11.9 Å². The van der Waals surface area contributed by atoms with Gasteiger partial charge in [0.15, 0.2) is 0 Å². The number of benzene rings is 1. The number of nitrogens with one attached hydrogen (secondary N) is 1. The summed E-state index contributed by atoms with van der Waals surface area (Å²) < 4.78 is 13.4. The number of rotatable bonds is 4. The van der Waals surface area contributed by atoms with Crippen LogP contribution in [0, 0.1) is 18.7 Å². The molecule has 0 unspecified atom stereocenters. The smallest absolute Gasteiger partial charge is 0.313 e. The molecule has 0 spiro atoms. The summed E-state index contributed by atoms with van der Waals surface area (Å²) in [6.07, 6.45) is 1.42. The van der Waals surface area contributed by atoms with Crippen LogP contribution in [0.3, 0.4) is 0 Å². The van der Waals surface area contributed by atoms with Gasteiger partial charge in [0.25, 0.3) is 0 Å². The number of carbonyl (C=O) groups excluding carboxylic acids is 2. The highest BCUT2D eigenvalue weighted by Crippen LogP contribution is 2.27. The molecule has 1 aliphatic rings. The highest BCUT2D eigenvalue weighted by Gasteiger charge is 2.34. The molecular weight excluding hydrogens is 385 g/mol. The Labute approximate surface area is 176 Å². The number of hydrogen-bond donors (Lipinski definition) is 2. The SMILES string of the molecule is Cc1cc(NC(=O)C(=O)N2CCN(CC(C)C)C[C@H]2c2ccc(F)cc2)cnc1N. The molecule has 2 aromatic rings. The van der Waals surface area contributed by atoms with Gasteiger partial charge in [-0.1, -0.05) is 26.0 Å². The Morgan fingerprint density at radius 2 is 1.97 bits per heavy atom. The Hall–Kier alpha value is -3.00. The fourth-order valence-corrected chi connectivity index (χ4v) is 3.70. The van der Waals surface area contributed by atoms with E-state index in [0.717, 1.165) is 12.1 Å². The Morgan fingerprint density at radius 1 is 1.27 bits per heavy atom. The second kappa shape index (κ2) is 9.21. The lowest BCUT2D eigenvalue weighted by Crippen LogP contribution is -2.53. The van der Waals surface area contributed by atoms with Crippen molar-refractivity contribution in [2.45, 2.75) is 26.8 Å². The molecule has 0 saturated carbocycles. The summed E-state index contributed by atoms with van der Waals surface area (Å²) in [7, 11) is 0. The molecule has 8 heteroatoms. The van der Waals surface area contributed by atoms with Gasteiger partial charge in [-0.3, -0.25) is 14.5 Å². The zero-order valence-electron chi connectivity index (χ0n) is 17.6. The number of nitrogens with two attached hydrogens (primary N) is 1. The Morgan fingerprint density at radius 3 is 2.60 bits per heavy atom. The van der Waals surface area contributed by atoms with Crippen LogP contribution in [0.25, 0.3) is 0 Å². The minimum atomic E-state index is -0.731. The molecule has 160 valence electrons. The molecule has 1 aliphatic heterocycles. The second-order valence-electron chi connectivity index (χ2n) is 8.10. The number of anilines is 2. The molecule has 1 aromatic heterocycles. The first-order valence-electron chi connectivity index (χ1n) is 10.1. The Balaban J connectivity index is 1.79. The molecule has 1 saturated heterocycles. The van der Waals surface area contributed by atoms with Crippen molar-refractivity contribution in [3.05, 3.63) is 53.5 Å². The van der Waals surface area contributed by atoms with Gasteiger partial charge in [-0.05, 0) is 42.2 Å². The quantitative estimate of drug-likeness (QED) is 0.752. The molecule has 7 nitrogen and oxygen atoms in total. The summed E-state index contributed by atoms with van der Waals surface area (Å²) in [6, 6.07) is 7.44.